The fourth-order valence-corrected chi connectivity index (χ4v) is 5.07. The fraction of sp³-hybridized carbons (Fsp3) is 0. The molecule has 0 spiro atoms. The van der Waals surface area contributed by atoms with E-state index in [0.717, 1.165) is 9.80 Å². The normalized spacial score (nSPS) is 13.8. The predicted octanol–water partition coefficient (Wildman–Crippen LogP) is 3.92. The zero-order valence-electron chi connectivity index (χ0n) is 21.2. The molecule has 2 heterocycles. The van der Waals surface area contributed by atoms with Crippen LogP contribution < -0.4 is 9.80 Å². The summed E-state index contributed by atoms with van der Waals surface area (Å²) in [6.07, 6.45) is 0. The Morgan fingerprint density at radius 2 is 0.833 bits per heavy atom. The number of carboxylic acid groups (broad SMARTS) is 2. The number of ketones is 1. The maximum Gasteiger partial charge on any atom is 0.337 e. The molecule has 0 fully saturated rings. The zero-order valence-corrected chi connectivity index (χ0v) is 21.2. The van der Waals surface area contributed by atoms with E-state index in [1.807, 2.05) is 0 Å². The molecule has 4 aromatic rings. The Morgan fingerprint density at radius 1 is 0.476 bits per heavy atom. The highest BCUT2D eigenvalue weighted by molar-refractivity contribution is 6.37. The van der Waals surface area contributed by atoms with Crippen LogP contribution in [0.1, 0.15) is 78.1 Å². The van der Waals surface area contributed by atoms with E-state index >= 15 is 0 Å². The molecule has 11 heteroatoms. The van der Waals surface area contributed by atoms with Crippen molar-refractivity contribution in [2.24, 2.45) is 0 Å². The summed E-state index contributed by atoms with van der Waals surface area (Å²) in [5, 5.41) is 19.0. The third kappa shape index (κ3) is 3.79. The van der Waals surface area contributed by atoms with Crippen LogP contribution in [0.4, 0.5) is 11.4 Å². The van der Waals surface area contributed by atoms with Gasteiger partial charge in [0.2, 0.25) is 0 Å². The molecule has 4 amide bonds. The highest BCUT2D eigenvalue weighted by Crippen LogP contribution is 2.34. The second-order valence-corrected chi connectivity index (χ2v) is 9.39. The zero-order chi connectivity index (χ0) is 29.9. The summed E-state index contributed by atoms with van der Waals surface area (Å²) in [6.45, 7) is 0. The largest absolute Gasteiger partial charge is 0.478 e. The first-order chi connectivity index (χ1) is 20.1. The summed E-state index contributed by atoms with van der Waals surface area (Å²) in [5.74, 6) is -6.37. The second-order valence-electron chi connectivity index (χ2n) is 9.39. The van der Waals surface area contributed by atoms with Gasteiger partial charge < -0.3 is 10.2 Å². The van der Waals surface area contributed by atoms with Gasteiger partial charge in [-0.05, 0) is 48.5 Å². The van der Waals surface area contributed by atoms with Gasteiger partial charge in [0.1, 0.15) is 0 Å². The van der Waals surface area contributed by atoms with Gasteiger partial charge in [-0.3, -0.25) is 24.0 Å². The van der Waals surface area contributed by atoms with Crippen LogP contribution in [0.15, 0.2) is 84.9 Å². The van der Waals surface area contributed by atoms with Gasteiger partial charge in [0.15, 0.2) is 5.78 Å². The number of benzene rings is 4. The van der Waals surface area contributed by atoms with E-state index in [4.69, 9.17) is 0 Å². The first-order valence-electron chi connectivity index (χ1n) is 12.3. The Bertz CT molecular complexity index is 1820. The molecule has 4 aromatic carbocycles. The number of carbonyl (C=O) groups is 7. The van der Waals surface area contributed by atoms with Crippen LogP contribution in [0, 0.1) is 0 Å². The number of carboxylic acids is 2. The molecular weight excluding hydrogens is 544 g/mol. The molecule has 2 N–H and O–H groups in total. The standard InChI is InChI=1S/C31H16N2O9/c34-25(15-9-11-17-21(13-15)28(37)32(26(17)35)23-7-3-1-5-19(23)30(39)40)16-10-12-18-22(14-16)29(38)33(27(18)36)24-8-4-2-6-20(24)31(41)42/h1-14H,(H,39,40)(H,41,42). The number of carbonyl (C=O) groups excluding carboxylic acids is 5. The topological polar surface area (TPSA) is 166 Å². The summed E-state index contributed by atoms with van der Waals surface area (Å²) in [7, 11) is 0. The molecule has 0 saturated carbocycles. The van der Waals surface area contributed by atoms with Crippen LogP contribution in [0.2, 0.25) is 0 Å². The molecular formula is C31H16N2O9. The van der Waals surface area contributed by atoms with Crippen molar-refractivity contribution < 1.29 is 43.8 Å². The van der Waals surface area contributed by atoms with E-state index in [1.165, 1.54) is 84.9 Å². The van der Waals surface area contributed by atoms with E-state index in [0.29, 0.717) is 0 Å². The number of anilines is 2. The van der Waals surface area contributed by atoms with Crippen LogP contribution in [0.5, 0.6) is 0 Å². The van der Waals surface area contributed by atoms with Crippen molar-refractivity contribution in [1.29, 1.82) is 0 Å². The maximum absolute atomic E-state index is 13.4. The quantitative estimate of drug-likeness (QED) is 0.262. The highest BCUT2D eigenvalue weighted by Gasteiger charge is 2.40. The van der Waals surface area contributed by atoms with Gasteiger partial charge in [-0.15, -0.1) is 0 Å². The van der Waals surface area contributed by atoms with Crippen molar-refractivity contribution in [3.8, 4) is 0 Å². The first kappa shape index (κ1) is 26.0. The summed E-state index contributed by atoms with van der Waals surface area (Å²) in [4.78, 5) is 90.9. The van der Waals surface area contributed by atoms with Crippen molar-refractivity contribution in [3.63, 3.8) is 0 Å². The van der Waals surface area contributed by atoms with Crippen molar-refractivity contribution in [2.75, 3.05) is 9.80 Å². The average Bonchev–Trinajstić information content (AvgIpc) is 3.39. The van der Waals surface area contributed by atoms with Gasteiger partial charge in [-0.1, -0.05) is 36.4 Å². The van der Waals surface area contributed by atoms with E-state index in [-0.39, 0.29) is 55.9 Å². The number of hydrogen-bond acceptors (Lipinski definition) is 7. The molecule has 0 bridgehead atoms. The number of fused-ring (bicyclic) bond motifs is 2. The van der Waals surface area contributed by atoms with Crippen molar-refractivity contribution >= 4 is 52.7 Å². The lowest BCUT2D eigenvalue weighted by atomic mass is 9.96. The van der Waals surface area contributed by atoms with Gasteiger partial charge in [0.25, 0.3) is 23.6 Å². The Hall–Kier alpha value is -6.23. The van der Waals surface area contributed by atoms with Gasteiger partial charge in [0.05, 0.1) is 44.8 Å². The summed E-state index contributed by atoms with van der Waals surface area (Å²) < 4.78 is 0. The Balaban J connectivity index is 1.33. The number of para-hydroxylation sites is 2. The number of hydrogen-bond donors (Lipinski definition) is 2. The van der Waals surface area contributed by atoms with E-state index in [2.05, 4.69) is 0 Å². The molecule has 0 aliphatic carbocycles. The molecule has 42 heavy (non-hydrogen) atoms. The van der Waals surface area contributed by atoms with Crippen LogP contribution in [0.25, 0.3) is 0 Å². The SMILES string of the molecule is O=C(c1ccc2c(c1)C(=O)N(c1ccccc1C(=O)O)C2=O)c1ccc2c(c1)C(=O)N(c1ccccc1C(=O)O)C2=O. The average molecular weight is 560 g/mol. The highest BCUT2D eigenvalue weighted by atomic mass is 16.4. The molecule has 6 rings (SSSR count). The van der Waals surface area contributed by atoms with E-state index in [1.54, 1.807) is 0 Å². The van der Waals surface area contributed by atoms with Crippen LogP contribution in [-0.2, 0) is 0 Å². The van der Waals surface area contributed by atoms with Crippen LogP contribution in [-0.4, -0.2) is 51.6 Å². The second kappa shape index (κ2) is 9.45. The third-order valence-corrected chi connectivity index (χ3v) is 7.05. The van der Waals surface area contributed by atoms with Gasteiger partial charge >= 0.3 is 11.9 Å². The Morgan fingerprint density at radius 3 is 1.21 bits per heavy atom. The fourth-order valence-electron chi connectivity index (χ4n) is 5.07. The molecule has 0 unspecified atom stereocenters. The molecule has 0 saturated heterocycles. The monoisotopic (exact) mass is 560 g/mol. The lowest BCUT2D eigenvalue weighted by Gasteiger charge is -2.16. The summed E-state index contributed by atoms with van der Waals surface area (Å²) in [6, 6.07) is 18.8. The molecule has 2 aliphatic rings. The minimum atomic E-state index is -1.33. The molecule has 204 valence electrons. The predicted molar refractivity (Wildman–Crippen MR) is 145 cm³/mol. The number of amides is 4. The third-order valence-electron chi connectivity index (χ3n) is 7.05. The summed E-state index contributed by atoms with van der Waals surface area (Å²) in [5.41, 5.74) is -0.939. The molecule has 0 radical (unpaired) electrons. The molecule has 2 aliphatic heterocycles. The Labute approximate surface area is 235 Å². The summed E-state index contributed by atoms with van der Waals surface area (Å²) >= 11 is 0. The van der Waals surface area contributed by atoms with E-state index < -0.39 is 41.4 Å². The van der Waals surface area contributed by atoms with Crippen LogP contribution >= 0.6 is 0 Å². The van der Waals surface area contributed by atoms with Gasteiger partial charge in [-0.25, -0.2) is 19.4 Å². The number of nitrogens with zero attached hydrogens (tertiary/aromatic N) is 2. The molecule has 11 nitrogen and oxygen atoms in total. The lowest BCUT2D eigenvalue weighted by molar-refractivity contribution is 0.0686. The van der Waals surface area contributed by atoms with Crippen molar-refractivity contribution in [2.45, 2.75) is 0 Å². The Kier molecular flexibility index (Phi) is 5.85. The van der Waals surface area contributed by atoms with Crippen molar-refractivity contribution in [3.05, 3.63) is 129 Å². The minimum Gasteiger partial charge on any atom is -0.478 e. The maximum atomic E-state index is 13.4. The van der Waals surface area contributed by atoms with Crippen LogP contribution in [0.3, 0.4) is 0 Å². The first-order valence-corrected chi connectivity index (χ1v) is 12.3. The number of imide groups is 2. The number of aromatic carboxylic acids is 2. The molecule has 0 aromatic heterocycles. The number of rotatable bonds is 6. The van der Waals surface area contributed by atoms with E-state index in [9.17, 15) is 43.8 Å². The minimum absolute atomic E-state index is 0.00747. The van der Waals surface area contributed by atoms with Gasteiger partial charge in [-0.2, -0.15) is 0 Å². The molecule has 0 atom stereocenters. The lowest BCUT2D eigenvalue weighted by Crippen LogP contribution is -2.30. The van der Waals surface area contributed by atoms with Crippen molar-refractivity contribution in [1.82, 2.24) is 0 Å². The smallest absolute Gasteiger partial charge is 0.337 e. The van der Waals surface area contributed by atoms with Gasteiger partial charge in [0, 0.05) is 11.1 Å².